The molecule has 9 heteroatoms. The number of hydrogen-bond acceptors (Lipinski definition) is 8. The van der Waals surface area contributed by atoms with Gasteiger partial charge in [-0.25, -0.2) is 0 Å². The van der Waals surface area contributed by atoms with Gasteiger partial charge in [0, 0.05) is 40.8 Å². The number of rotatable bonds is 8. The number of aliphatic hydroxyl groups excluding tert-OH is 1. The van der Waals surface area contributed by atoms with Crippen molar-refractivity contribution in [3.8, 4) is 17.2 Å². The van der Waals surface area contributed by atoms with E-state index in [1.165, 1.54) is 22.3 Å². The maximum Gasteiger partial charge on any atom is 0.161 e. The molecule has 6 N–H and O–H groups in total. The van der Waals surface area contributed by atoms with Crippen molar-refractivity contribution in [1.29, 1.82) is 0 Å². The molecular weight excluding hydrogens is 751 g/mol. The summed E-state index contributed by atoms with van der Waals surface area (Å²) in [5, 5.41) is 37.8. The summed E-state index contributed by atoms with van der Waals surface area (Å²) in [6, 6.07) is 26.7. The van der Waals surface area contributed by atoms with Gasteiger partial charge in [-0.15, -0.1) is 0 Å². The quantitative estimate of drug-likeness (QED) is 0.0984. The number of phenolic OH excluding ortho intramolecular Hbond substituents is 2. The number of fused-ring (bicyclic) bond motifs is 7. The number of aliphatic hydroxyl groups is 1. The van der Waals surface area contributed by atoms with Gasteiger partial charge in [0.2, 0.25) is 0 Å². The lowest BCUT2D eigenvalue weighted by molar-refractivity contribution is 0.00498. The highest BCUT2D eigenvalue weighted by Crippen LogP contribution is 2.52. The Morgan fingerprint density at radius 2 is 1.73 bits per heavy atom. The van der Waals surface area contributed by atoms with E-state index in [9.17, 15) is 15.3 Å². The summed E-state index contributed by atoms with van der Waals surface area (Å²) in [6.45, 7) is 2.09. The monoisotopic (exact) mass is 809 g/mol. The zero-order valence-electron chi connectivity index (χ0n) is 34.5. The van der Waals surface area contributed by atoms with Gasteiger partial charge in [-0.3, -0.25) is 0 Å². The summed E-state index contributed by atoms with van der Waals surface area (Å²) in [5.41, 5.74) is 14.7. The maximum atomic E-state index is 11.4. The second-order valence-corrected chi connectivity index (χ2v) is 17.5. The second-order valence-electron chi connectivity index (χ2n) is 17.5. The van der Waals surface area contributed by atoms with Crippen molar-refractivity contribution in [1.82, 2.24) is 9.88 Å². The normalized spacial score (nSPS) is 24.4. The molecule has 4 aromatic carbocycles. The minimum Gasteiger partial charge on any atom is -0.508 e. The van der Waals surface area contributed by atoms with Gasteiger partial charge in [-0.2, -0.15) is 0 Å². The summed E-state index contributed by atoms with van der Waals surface area (Å²) < 4.78 is 21.6. The average molecular weight is 810 g/mol. The van der Waals surface area contributed by atoms with Crippen LogP contribution < -0.4 is 15.8 Å². The molecule has 3 aliphatic heterocycles. The SMILES string of the molecule is NC1C=CC2=C(N1)n1cc3cc([C@]45CCOC[C@@H]4CCc4ccccc45)cc(c3c1)COc1cc(ccc1O)CC[C@@H](O)C[C@H](CCCCCCc1ccc(O)cc1)OC2. The number of nitrogens with two attached hydrogens (primary N) is 1. The van der Waals surface area contributed by atoms with Crippen LogP contribution in [0.2, 0.25) is 0 Å². The fourth-order valence-electron chi connectivity index (χ4n) is 10.3. The Bertz CT molecular complexity index is 2350. The lowest BCUT2D eigenvalue weighted by atomic mass is 9.57. The van der Waals surface area contributed by atoms with Crippen molar-refractivity contribution in [2.75, 3.05) is 19.8 Å². The van der Waals surface area contributed by atoms with E-state index in [4.69, 9.17) is 19.9 Å². The van der Waals surface area contributed by atoms with E-state index in [2.05, 4.69) is 64.8 Å². The number of dihydropyridines is 1. The average Bonchev–Trinajstić information content (AvgIpc) is 3.71. The molecule has 4 bridgehead atoms. The van der Waals surface area contributed by atoms with Crippen molar-refractivity contribution in [3.05, 3.63) is 142 Å². The fraction of sp³-hybridized carbons (Fsp3) is 0.412. The van der Waals surface area contributed by atoms with E-state index < -0.39 is 6.10 Å². The van der Waals surface area contributed by atoms with Crippen LogP contribution in [0.25, 0.3) is 16.6 Å². The highest BCUT2D eigenvalue weighted by molar-refractivity contribution is 5.88. The first-order chi connectivity index (χ1) is 29.3. The van der Waals surface area contributed by atoms with Crippen LogP contribution in [0.5, 0.6) is 17.2 Å². The molecule has 4 heterocycles. The Morgan fingerprint density at radius 3 is 2.63 bits per heavy atom. The molecule has 1 saturated heterocycles. The van der Waals surface area contributed by atoms with Crippen molar-refractivity contribution in [2.45, 2.75) is 107 Å². The van der Waals surface area contributed by atoms with Gasteiger partial charge in [0.05, 0.1) is 31.6 Å². The van der Waals surface area contributed by atoms with Crippen molar-refractivity contribution < 1.29 is 29.5 Å². The zero-order valence-corrected chi connectivity index (χ0v) is 34.5. The van der Waals surface area contributed by atoms with Gasteiger partial charge in [-0.1, -0.05) is 73.9 Å². The Morgan fingerprint density at radius 1 is 0.867 bits per heavy atom. The predicted molar refractivity (Wildman–Crippen MR) is 236 cm³/mol. The number of aromatic hydroxyl groups is 2. The lowest BCUT2D eigenvalue weighted by Gasteiger charge is -2.49. The lowest BCUT2D eigenvalue weighted by Crippen LogP contribution is -2.47. The molecule has 0 saturated carbocycles. The number of ether oxygens (including phenoxy) is 3. The number of benzene rings is 4. The van der Waals surface area contributed by atoms with E-state index in [1.807, 2.05) is 30.3 Å². The molecule has 0 radical (unpaired) electrons. The van der Waals surface area contributed by atoms with Crippen LogP contribution in [0, 0.1) is 5.92 Å². The first-order valence-electron chi connectivity index (χ1n) is 22.1. The molecule has 60 heavy (non-hydrogen) atoms. The summed E-state index contributed by atoms with van der Waals surface area (Å²) in [5.74, 6) is 2.06. The van der Waals surface area contributed by atoms with Crippen LogP contribution in [0.1, 0.15) is 91.2 Å². The van der Waals surface area contributed by atoms with E-state index in [1.54, 1.807) is 18.2 Å². The van der Waals surface area contributed by atoms with E-state index in [0.717, 1.165) is 97.7 Å². The minimum atomic E-state index is -0.551. The number of aromatic nitrogens is 1. The van der Waals surface area contributed by atoms with Gasteiger partial charge >= 0.3 is 0 Å². The van der Waals surface area contributed by atoms with Gasteiger partial charge in [0.15, 0.2) is 11.5 Å². The topological polar surface area (TPSA) is 131 Å². The summed E-state index contributed by atoms with van der Waals surface area (Å²) >= 11 is 0. The fourth-order valence-corrected chi connectivity index (χ4v) is 10.3. The van der Waals surface area contributed by atoms with Crippen molar-refractivity contribution in [3.63, 3.8) is 0 Å². The first-order valence-corrected chi connectivity index (χ1v) is 22.1. The Hall–Kier alpha value is -5.06. The molecule has 1 aliphatic carbocycles. The highest BCUT2D eigenvalue weighted by atomic mass is 16.5. The van der Waals surface area contributed by atoms with Crippen molar-refractivity contribution >= 4 is 16.6 Å². The molecule has 1 aromatic heterocycles. The third kappa shape index (κ3) is 8.59. The zero-order chi connectivity index (χ0) is 41.1. The number of nitrogens with zero attached hydrogens (tertiary/aromatic N) is 1. The molecule has 5 aromatic rings. The molecule has 9 nitrogen and oxygen atoms in total. The Kier molecular flexibility index (Phi) is 12.0. The third-order valence-corrected chi connectivity index (χ3v) is 13.5. The van der Waals surface area contributed by atoms with Crippen LogP contribution in [0.3, 0.4) is 0 Å². The molecule has 4 aliphatic rings. The Balaban J connectivity index is 1.05. The van der Waals surface area contributed by atoms with Crippen LogP contribution >= 0.6 is 0 Å². The highest BCUT2D eigenvalue weighted by Gasteiger charge is 2.47. The molecule has 5 atom stereocenters. The standard InChI is InChI=1S/C51H59N3O6/c52-49-22-16-37-31-59-44(9-4-2-1-3-7-34-11-18-42(55)19-12-34)28-43(56)20-13-35-14-21-47(57)48(25-35)60-32-39-27-41(26-38-29-54(30-45(38)39)50(37)53-49)51-23-24-58-33-40(51)17-15-36-8-5-6-10-46(36)51/h5-6,8,10-12,14,16,18-19,21-22,25-27,29-30,40,43-44,49,53,55-57H,1-4,7,9,13,15,17,20,23-24,28,31-33,52H2/t40-,43+,44-,49?,51-/m0/s1. The summed E-state index contributed by atoms with van der Waals surface area (Å²) in [7, 11) is 0. The number of unbranched alkanes of at least 4 members (excludes halogenated alkanes) is 3. The minimum absolute atomic E-state index is 0.0986. The van der Waals surface area contributed by atoms with E-state index in [-0.39, 0.29) is 30.0 Å². The Labute approximate surface area is 353 Å². The molecule has 1 fully saturated rings. The van der Waals surface area contributed by atoms with Crippen LogP contribution in [-0.4, -0.2) is 58.1 Å². The molecule has 1 unspecified atom stereocenters. The van der Waals surface area contributed by atoms with Crippen LogP contribution in [0.15, 0.2) is 109 Å². The number of hydrogen-bond donors (Lipinski definition) is 5. The molecular formula is C51H59N3O6. The predicted octanol–water partition coefficient (Wildman–Crippen LogP) is 8.79. The van der Waals surface area contributed by atoms with E-state index in [0.29, 0.717) is 49.9 Å². The van der Waals surface area contributed by atoms with Gasteiger partial charge in [0.1, 0.15) is 18.2 Å². The van der Waals surface area contributed by atoms with Gasteiger partial charge < -0.3 is 45.1 Å². The van der Waals surface area contributed by atoms with Gasteiger partial charge in [0.25, 0.3) is 0 Å². The maximum absolute atomic E-state index is 11.4. The number of aryl methyl sites for hydroxylation is 3. The summed E-state index contributed by atoms with van der Waals surface area (Å²) in [4.78, 5) is 0. The number of phenols is 2. The molecule has 314 valence electrons. The molecule has 0 spiro atoms. The summed E-state index contributed by atoms with van der Waals surface area (Å²) in [6.07, 6.45) is 18.3. The largest absolute Gasteiger partial charge is 0.508 e. The third-order valence-electron chi connectivity index (χ3n) is 13.5. The van der Waals surface area contributed by atoms with Gasteiger partial charge in [-0.05, 0) is 133 Å². The molecule has 9 rings (SSSR count). The molecule has 0 amide bonds. The van der Waals surface area contributed by atoms with Crippen molar-refractivity contribution in [2.24, 2.45) is 11.7 Å². The van der Waals surface area contributed by atoms with E-state index >= 15 is 0 Å². The first kappa shape index (κ1) is 40.4. The number of nitrogens with one attached hydrogen (secondary N) is 1. The van der Waals surface area contributed by atoms with Crippen LogP contribution in [-0.2, 0) is 40.8 Å². The second kappa shape index (κ2) is 17.9. The smallest absolute Gasteiger partial charge is 0.161 e. The van der Waals surface area contributed by atoms with Crippen LogP contribution in [0.4, 0.5) is 0 Å².